The number of phenols is 2. The molecule has 0 aliphatic rings. The number of pyridine rings is 1. The average Bonchev–Trinajstić information content (AvgIpc) is 2.55. The fraction of sp³-hybridized carbons (Fsp3) is 0.118. The van der Waals surface area contributed by atoms with Gasteiger partial charge in [0, 0.05) is 23.3 Å². The van der Waals surface area contributed by atoms with E-state index in [1.807, 2.05) is 12.1 Å². The summed E-state index contributed by atoms with van der Waals surface area (Å²) in [5.41, 5.74) is 1.58. The van der Waals surface area contributed by atoms with Gasteiger partial charge in [-0.05, 0) is 35.2 Å². The van der Waals surface area contributed by atoms with E-state index in [0.717, 1.165) is 16.5 Å². The molecule has 23 heavy (non-hydrogen) atoms. The van der Waals surface area contributed by atoms with Gasteiger partial charge in [-0.15, -0.1) is 12.4 Å². The summed E-state index contributed by atoms with van der Waals surface area (Å²) in [6.45, 7) is 0. The van der Waals surface area contributed by atoms with E-state index in [-0.39, 0.29) is 23.9 Å². The van der Waals surface area contributed by atoms with Crippen LogP contribution >= 0.6 is 12.4 Å². The minimum atomic E-state index is 0. The number of methoxy groups -OCH3 is 2. The smallest absolute Gasteiger partial charge is 0.167 e. The Labute approximate surface area is 139 Å². The summed E-state index contributed by atoms with van der Waals surface area (Å²) >= 11 is 0. The SMILES string of the molecule is COc1ccc(-c2cncc3c(O)c(OC)ccc23)cc1O.Cl. The molecule has 3 aromatic rings. The average molecular weight is 334 g/mol. The molecule has 0 aliphatic carbocycles. The molecular formula is C17H16ClNO4. The van der Waals surface area contributed by atoms with Crippen LogP contribution in [0.25, 0.3) is 21.9 Å². The standard InChI is InChI=1S/C17H15NO4.ClH/c1-21-15-5-3-10(7-14(15)19)12-8-18-9-13-11(12)4-6-16(22-2)17(13)20;/h3-9,19-20H,1-2H3;1H. The second-order valence-corrected chi connectivity index (χ2v) is 4.79. The van der Waals surface area contributed by atoms with Crippen molar-refractivity contribution in [3.8, 4) is 34.1 Å². The first-order valence-electron chi connectivity index (χ1n) is 6.66. The molecule has 5 nitrogen and oxygen atoms in total. The molecule has 0 saturated heterocycles. The Bertz CT molecular complexity index is 851. The number of hydrogen-bond acceptors (Lipinski definition) is 5. The van der Waals surface area contributed by atoms with Crippen molar-refractivity contribution in [2.75, 3.05) is 14.2 Å². The highest BCUT2D eigenvalue weighted by atomic mass is 35.5. The van der Waals surface area contributed by atoms with E-state index in [1.165, 1.54) is 14.2 Å². The lowest BCUT2D eigenvalue weighted by Gasteiger charge is -2.11. The zero-order chi connectivity index (χ0) is 15.7. The van der Waals surface area contributed by atoms with Crippen molar-refractivity contribution in [1.29, 1.82) is 0 Å². The highest BCUT2D eigenvalue weighted by molar-refractivity contribution is 6.00. The normalized spacial score (nSPS) is 10.2. The Hall–Kier alpha value is -2.66. The quantitative estimate of drug-likeness (QED) is 0.763. The molecule has 0 saturated carbocycles. The van der Waals surface area contributed by atoms with Crippen molar-refractivity contribution in [3.63, 3.8) is 0 Å². The van der Waals surface area contributed by atoms with E-state index < -0.39 is 0 Å². The number of halogens is 1. The van der Waals surface area contributed by atoms with Crippen molar-refractivity contribution < 1.29 is 19.7 Å². The third-order valence-corrected chi connectivity index (χ3v) is 3.59. The van der Waals surface area contributed by atoms with E-state index in [0.29, 0.717) is 16.9 Å². The molecule has 0 radical (unpaired) electrons. The summed E-state index contributed by atoms with van der Waals surface area (Å²) in [5.74, 6) is 0.896. The third kappa shape index (κ3) is 2.83. The third-order valence-electron chi connectivity index (χ3n) is 3.59. The summed E-state index contributed by atoms with van der Waals surface area (Å²) in [6.07, 6.45) is 3.27. The Morgan fingerprint density at radius 1 is 0.870 bits per heavy atom. The Morgan fingerprint density at radius 3 is 2.22 bits per heavy atom. The van der Waals surface area contributed by atoms with Crippen LogP contribution < -0.4 is 9.47 Å². The maximum Gasteiger partial charge on any atom is 0.167 e. The van der Waals surface area contributed by atoms with Crippen LogP contribution in [0.15, 0.2) is 42.7 Å². The van der Waals surface area contributed by atoms with Gasteiger partial charge >= 0.3 is 0 Å². The number of phenolic OH excluding ortho intramolecular Hbond substituents is 2. The molecule has 6 heteroatoms. The van der Waals surface area contributed by atoms with Crippen LogP contribution in [0.5, 0.6) is 23.0 Å². The predicted molar refractivity (Wildman–Crippen MR) is 90.9 cm³/mol. The first-order chi connectivity index (χ1) is 10.7. The molecule has 0 amide bonds. The Morgan fingerprint density at radius 2 is 1.57 bits per heavy atom. The number of aromatic hydroxyl groups is 2. The monoisotopic (exact) mass is 333 g/mol. The second kappa shape index (κ2) is 6.62. The zero-order valence-electron chi connectivity index (χ0n) is 12.6. The molecule has 2 N–H and O–H groups in total. The van der Waals surface area contributed by atoms with Crippen LogP contribution in [-0.2, 0) is 0 Å². The summed E-state index contributed by atoms with van der Waals surface area (Å²) in [6, 6.07) is 8.68. The maximum atomic E-state index is 10.2. The van der Waals surface area contributed by atoms with Crippen LogP contribution in [0.4, 0.5) is 0 Å². The molecule has 3 rings (SSSR count). The molecule has 0 bridgehead atoms. The fourth-order valence-corrected chi connectivity index (χ4v) is 2.46. The number of benzene rings is 2. The van der Waals surface area contributed by atoms with Gasteiger partial charge in [0.15, 0.2) is 23.0 Å². The van der Waals surface area contributed by atoms with Crippen molar-refractivity contribution in [2.24, 2.45) is 0 Å². The predicted octanol–water partition coefficient (Wildman–Crippen LogP) is 3.75. The van der Waals surface area contributed by atoms with E-state index in [9.17, 15) is 10.2 Å². The van der Waals surface area contributed by atoms with E-state index in [4.69, 9.17) is 9.47 Å². The number of nitrogens with zero attached hydrogens (tertiary/aromatic N) is 1. The summed E-state index contributed by atoms with van der Waals surface area (Å²) in [7, 11) is 3.00. The Kier molecular flexibility index (Phi) is 4.81. The maximum absolute atomic E-state index is 10.2. The van der Waals surface area contributed by atoms with Gasteiger partial charge in [-0.1, -0.05) is 6.07 Å². The van der Waals surface area contributed by atoms with Crippen LogP contribution in [0.3, 0.4) is 0 Å². The summed E-state index contributed by atoms with van der Waals surface area (Å²) in [4.78, 5) is 4.17. The first kappa shape index (κ1) is 16.7. The highest BCUT2D eigenvalue weighted by Gasteiger charge is 2.12. The number of rotatable bonds is 3. The fourth-order valence-electron chi connectivity index (χ4n) is 2.46. The Balaban J connectivity index is 0.00000192. The lowest BCUT2D eigenvalue weighted by atomic mass is 10.00. The molecule has 0 aliphatic heterocycles. The molecule has 0 unspecified atom stereocenters. The largest absolute Gasteiger partial charge is 0.504 e. The number of ether oxygens (including phenoxy) is 2. The van der Waals surface area contributed by atoms with Gasteiger partial charge < -0.3 is 19.7 Å². The van der Waals surface area contributed by atoms with Gasteiger partial charge in [0.2, 0.25) is 0 Å². The van der Waals surface area contributed by atoms with Crippen molar-refractivity contribution in [2.45, 2.75) is 0 Å². The van der Waals surface area contributed by atoms with Gasteiger partial charge in [0.25, 0.3) is 0 Å². The van der Waals surface area contributed by atoms with Gasteiger partial charge in [0.1, 0.15) is 0 Å². The first-order valence-corrected chi connectivity index (χ1v) is 6.66. The number of hydrogen-bond donors (Lipinski definition) is 2. The molecule has 1 aromatic heterocycles. The van der Waals surface area contributed by atoms with E-state index >= 15 is 0 Å². The van der Waals surface area contributed by atoms with E-state index in [1.54, 1.807) is 30.6 Å². The summed E-state index contributed by atoms with van der Waals surface area (Å²) < 4.78 is 10.2. The van der Waals surface area contributed by atoms with Gasteiger partial charge in [-0.2, -0.15) is 0 Å². The van der Waals surface area contributed by atoms with Crippen LogP contribution in [-0.4, -0.2) is 29.4 Å². The van der Waals surface area contributed by atoms with Crippen molar-refractivity contribution in [1.82, 2.24) is 4.98 Å². The zero-order valence-corrected chi connectivity index (χ0v) is 13.4. The lowest BCUT2D eigenvalue weighted by molar-refractivity contribution is 0.373. The minimum absolute atomic E-state index is 0. The highest BCUT2D eigenvalue weighted by Crippen LogP contribution is 2.39. The van der Waals surface area contributed by atoms with E-state index in [2.05, 4.69) is 4.98 Å². The van der Waals surface area contributed by atoms with Crippen LogP contribution in [0.1, 0.15) is 0 Å². The topological polar surface area (TPSA) is 71.8 Å². The number of aromatic nitrogens is 1. The lowest BCUT2D eigenvalue weighted by Crippen LogP contribution is -1.89. The second-order valence-electron chi connectivity index (χ2n) is 4.79. The molecular weight excluding hydrogens is 318 g/mol. The van der Waals surface area contributed by atoms with Crippen molar-refractivity contribution in [3.05, 3.63) is 42.7 Å². The van der Waals surface area contributed by atoms with Crippen LogP contribution in [0, 0.1) is 0 Å². The molecule has 2 aromatic carbocycles. The van der Waals surface area contributed by atoms with Crippen LogP contribution in [0.2, 0.25) is 0 Å². The molecule has 0 spiro atoms. The molecule has 120 valence electrons. The minimum Gasteiger partial charge on any atom is -0.504 e. The molecule has 0 fully saturated rings. The molecule has 1 heterocycles. The summed E-state index contributed by atoms with van der Waals surface area (Å²) in [5, 5.41) is 21.6. The van der Waals surface area contributed by atoms with Gasteiger partial charge in [-0.25, -0.2) is 0 Å². The number of fused-ring (bicyclic) bond motifs is 1. The van der Waals surface area contributed by atoms with Crippen molar-refractivity contribution >= 4 is 23.2 Å². The molecule has 0 atom stereocenters. The van der Waals surface area contributed by atoms with Gasteiger partial charge in [-0.3, -0.25) is 4.98 Å². The van der Waals surface area contributed by atoms with Gasteiger partial charge in [0.05, 0.1) is 14.2 Å².